The topological polar surface area (TPSA) is 23.6 Å². The number of carbonyl (C=O) groups excluding carboxylic acids is 1. The Hall–Kier alpha value is -2.76. The van der Waals surface area contributed by atoms with Gasteiger partial charge in [0.05, 0.1) is 16.8 Å². The standard InChI is InChI=1S/C24H23F3N2O/c25-24(26,27)18-10-8-17(9-11-18)20-16-23(13-4-1-5-14-23)29-22(30)12-15-28(29)21-7-3-2-6-19(20)21/h2-3,6-11,16H,1,4-5,12-15H2. The lowest BCUT2D eigenvalue weighted by molar-refractivity contribution is -0.137. The smallest absolute Gasteiger partial charge is 0.281 e. The first-order valence-electron chi connectivity index (χ1n) is 10.5. The predicted octanol–water partition coefficient (Wildman–Crippen LogP) is 5.81. The average molecular weight is 412 g/mol. The molecule has 0 bridgehead atoms. The number of carbonyl (C=O) groups is 1. The van der Waals surface area contributed by atoms with Crippen LogP contribution in [0.25, 0.3) is 5.57 Å². The normalized spacial score (nSPS) is 20.6. The summed E-state index contributed by atoms with van der Waals surface area (Å²) in [5.41, 5.74) is 2.47. The molecule has 0 unspecified atom stereocenters. The van der Waals surface area contributed by atoms with Crippen LogP contribution in [0.5, 0.6) is 0 Å². The maximum Gasteiger partial charge on any atom is 0.416 e. The highest BCUT2D eigenvalue weighted by atomic mass is 19.4. The fourth-order valence-corrected chi connectivity index (χ4v) is 5.19. The SMILES string of the molecule is O=C1CCN2c3ccccc3C(c3ccc(C(F)(F)F)cc3)=CC3(CCCCC3)N12. The average Bonchev–Trinajstić information content (AvgIpc) is 3.09. The van der Waals surface area contributed by atoms with E-state index in [-0.39, 0.29) is 5.91 Å². The highest BCUT2D eigenvalue weighted by Gasteiger charge is 2.47. The molecule has 1 aliphatic carbocycles. The molecular weight excluding hydrogens is 389 g/mol. The zero-order valence-electron chi connectivity index (χ0n) is 16.6. The molecule has 1 saturated heterocycles. The molecule has 3 nitrogen and oxygen atoms in total. The molecule has 3 aliphatic rings. The lowest BCUT2D eigenvalue weighted by Crippen LogP contribution is -2.55. The highest BCUT2D eigenvalue weighted by Crippen LogP contribution is 2.47. The van der Waals surface area contributed by atoms with Gasteiger partial charge in [-0.3, -0.25) is 9.80 Å². The highest BCUT2D eigenvalue weighted by molar-refractivity contribution is 5.92. The number of hydrazine groups is 1. The molecule has 2 aliphatic heterocycles. The third-order valence-electron chi connectivity index (χ3n) is 6.56. The van der Waals surface area contributed by atoms with E-state index in [0.717, 1.165) is 66.6 Å². The molecule has 0 atom stereocenters. The van der Waals surface area contributed by atoms with Crippen LogP contribution in [-0.4, -0.2) is 23.0 Å². The first kappa shape index (κ1) is 19.2. The maximum absolute atomic E-state index is 13.1. The van der Waals surface area contributed by atoms with Gasteiger partial charge >= 0.3 is 6.18 Å². The first-order valence-corrected chi connectivity index (χ1v) is 10.5. The number of para-hydroxylation sites is 1. The summed E-state index contributed by atoms with van der Waals surface area (Å²) in [4.78, 5) is 13.0. The number of alkyl halides is 3. The van der Waals surface area contributed by atoms with Crippen LogP contribution in [0.1, 0.15) is 55.2 Å². The van der Waals surface area contributed by atoms with Gasteiger partial charge in [0, 0.05) is 18.5 Å². The second-order valence-corrected chi connectivity index (χ2v) is 8.39. The van der Waals surface area contributed by atoms with Gasteiger partial charge < -0.3 is 0 Å². The van der Waals surface area contributed by atoms with Crippen LogP contribution in [0.3, 0.4) is 0 Å². The Morgan fingerprint density at radius 2 is 1.60 bits per heavy atom. The van der Waals surface area contributed by atoms with Crippen LogP contribution in [0.2, 0.25) is 0 Å². The maximum atomic E-state index is 13.1. The molecule has 2 heterocycles. The molecule has 30 heavy (non-hydrogen) atoms. The third-order valence-corrected chi connectivity index (χ3v) is 6.56. The van der Waals surface area contributed by atoms with E-state index >= 15 is 0 Å². The number of halogens is 3. The minimum absolute atomic E-state index is 0.122. The van der Waals surface area contributed by atoms with Crippen molar-refractivity contribution in [2.75, 3.05) is 11.6 Å². The van der Waals surface area contributed by atoms with Crippen molar-refractivity contribution in [3.63, 3.8) is 0 Å². The molecule has 156 valence electrons. The Labute approximate surface area is 173 Å². The van der Waals surface area contributed by atoms with Crippen LogP contribution < -0.4 is 5.01 Å². The zero-order chi connectivity index (χ0) is 20.9. The van der Waals surface area contributed by atoms with Gasteiger partial charge in [0.2, 0.25) is 5.91 Å². The van der Waals surface area contributed by atoms with Crippen molar-refractivity contribution in [3.05, 3.63) is 71.3 Å². The molecule has 6 heteroatoms. The number of nitrogens with zero attached hydrogens (tertiary/aromatic N) is 2. The van der Waals surface area contributed by atoms with Crippen molar-refractivity contribution in [3.8, 4) is 0 Å². The summed E-state index contributed by atoms with van der Waals surface area (Å²) in [7, 11) is 0. The van der Waals surface area contributed by atoms with Crippen LogP contribution in [-0.2, 0) is 11.0 Å². The fourth-order valence-electron chi connectivity index (χ4n) is 5.19. The monoisotopic (exact) mass is 412 g/mol. The van der Waals surface area contributed by atoms with E-state index in [2.05, 4.69) is 11.1 Å². The van der Waals surface area contributed by atoms with E-state index in [1.54, 1.807) is 12.1 Å². The molecule has 1 spiro atoms. The quantitative estimate of drug-likeness (QED) is 0.590. The summed E-state index contributed by atoms with van der Waals surface area (Å²) in [5.74, 6) is 0.122. The van der Waals surface area contributed by atoms with Crippen LogP contribution in [0.15, 0.2) is 54.6 Å². The molecule has 2 aromatic rings. The van der Waals surface area contributed by atoms with Gasteiger partial charge in [-0.15, -0.1) is 0 Å². The summed E-state index contributed by atoms with van der Waals surface area (Å²) in [6, 6.07) is 13.3. The Morgan fingerprint density at radius 1 is 0.900 bits per heavy atom. The van der Waals surface area contributed by atoms with E-state index < -0.39 is 17.3 Å². The van der Waals surface area contributed by atoms with Crippen molar-refractivity contribution in [1.29, 1.82) is 0 Å². The lowest BCUT2D eigenvalue weighted by atomic mass is 9.78. The molecule has 5 rings (SSSR count). The minimum atomic E-state index is -4.36. The lowest BCUT2D eigenvalue weighted by Gasteiger charge is -2.46. The molecular formula is C24H23F3N2O. The number of benzene rings is 2. The number of hydrogen-bond donors (Lipinski definition) is 0. The van der Waals surface area contributed by atoms with Gasteiger partial charge in [-0.05, 0) is 48.3 Å². The molecule has 2 fully saturated rings. The summed E-state index contributed by atoms with van der Waals surface area (Å²) >= 11 is 0. The molecule has 1 saturated carbocycles. The van der Waals surface area contributed by atoms with E-state index in [4.69, 9.17) is 0 Å². The second-order valence-electron chi connectivity index (χ2n) is 8.39. The predicted molar refractivity (Wildman–Crippen MR) is 110 cm³/mol. The van der Waals surface area contributed by atoms with Gasteiger partial charge in [-0.25, -0.2) is 5.01 Å². The second kappa shape index (κ2) is 6.89. The number of fused-ring (bicyclic) bond motifs is 4. The molecule has 2 aromatic carbocycles. The van der Waals surface area contributed by atoms with E-state index in [1.165, 1.54) is 0 Å². The molecule has 0 aromatic heterocycles. The van der Waals surface area contributed by atoms with Gasteiger partial charge in [0.25, 0.3) is 0 Å². The number of rotatable bonds is 1. The molecule has 0 N–H and O–H groups in total. The largest absolute Gasteiger partial charge is 0.416 e. The zero-order valence-corrected chi connectivity index (χ0v) is 16.6. The number of anilines is 1. The van der Waals surface area contributed by atoms with Crippen molar-refractivity contribution in [2.45, 2.75) is 50.2 Å². The number of amides is 1. The summed E-state index contributed by atoms with van der Waals surface area (Å²) in [5, 5.41) is 4.04. The van der Waals surface area contributed by atoms with E-state index in [1.807, 2.05) is 29.3 Å². The molecule has 1 amide bonds. The summed E-state index contributed by atoms with van der Waals surface area (Å²) < 4.78 is 39.3. The van der Waals surface area contributed by atoms with Crippen LogP contribution in [0.4, 0.5) is 18.9 Å². The third kappa shape index (κ3) is 3.01. The Balaban J connectivity index is 1.71. The van der Waals surface area contributed by atoms with Gasteiger partial charge in [0.15, 0.2) is 0 Å². The minimum Gasteiger partial charge on any atom is -0.281 e. The van der Waals surface area contributed by atoms with Gasteiger partial charge in [-0.1, -0.05) is 49.6 Å². The Morgan fingerprint density at radius 3 is 2.30 bits per heavy atom. The van der Waals surface area contributed by atoms with Crippen molar-refractivity contribution >= 4 is 17.2 Å². The first-order chi connectivity index (χ1) is 14.4. The van der Waals surface area contributed by atoms with Gasteiger partial charge in [0.1, 0.15) is 0 Å². The van der Waals surface area contributed by atoms with Gasteiger partial charge in [-0.2, -0.15) is 13.2 Å². The molecule has 0 radical (unpaired) electrons. The van der Waals surface area contributed by atoms with Crippen LogP contribution in [0, 0.1) is 0 Å². The number of hydrogen-bond acceptors (Lipinski definition) is 2. The van der Waals surface area contributed by atoms with E-state index in [9.17, 15) is 18.0 Å². The van der Waals surface area contributed by atoms with Crippen molar-refractivity contribution in [2.24, 2.45) is 0 Å². The van der Waals surface area contributed by atoms with E-state index in [0.29, 0.717) is 13.0 Å². The van der Waals surface area contributed by atoms with Crippen molar-refractivity contribution in [1.82, 2.24) is 5.01 Å². The Bertz CT molecular complexity index is 1000. The van der Waals surface area contributed by atoms with Crippen molar-refractivity contribution < 1.29 is 18.0 Å². The van der Waals surface area contributed by atoms with Crippen LogP contribution >= 0.6 is 0 Å². The fraction of sp³-hybridized carbons (Fsp3) is 0.375. The summed E-state index contributed by atoms with van der Waals surface area (Å²) in [6.45, 7) is 0.631. The Kier molecular flexibility index (Phi) is 4.42. The summed E-state index contributed by atoms with van der Waals surface area (Å²) in [6.07, 6.45) is 3.23.